The predicted octanol–water partition coefficient (Wildman–Crippen LogP) is 2.54. The lowest BCUT2D eigenvalue weighted by molar-refractivity contribution is -0.133. The second-order valence-electron chi connectivity index (χ2n) is 7.80. The van der Waals surface area contributed by atoms with E-state index in [0.717, 1.165) is 62.3 Å². The zero-order chi connectivity index (χ0) is 18.9. The number of fused-ring (bicyclic) bond motifs is 2. The summed E-state index contributed by atoms with van der Waals surface area (Å²) in [7, 11) is 0. The maximum atomic E-state index is 12.8. The molecule has 4 heterocycles. The molecule has 1 fully saturated rings. The number of H-pyrrole nitrogens is 1. The first kappa shape index (κ1) is 17.2. The van der Waals surface area contributed by atoms with Crippen molar-refractivity contribution in [2.75, 3.05) is 24.5 Å². The van der Waals surface area contributed by atoms with E-state index in [4.69, 9.17) is 0 Å². The summed E-state index contributed by atoms with van der Waals surface area (Å²) in [6.45, 7) is 3.43. The second kappa shape index (κ2) is 7.22. The molecule has 7 nitrogen and oxygen atoms in total. The van der Waals surface area contributed by atoms with Crippen LogP contribution in [0, 0.1) is 5.92 Å². The molecule has 0 spiro atoms. The van der Waals surface area contributed by atoms with Crippen LogP contribution in [-0.2, 0) is 17.8 Å². The summed E-state index contributed by atoms with van der Waals surface area (Å²) < 4.78 is 0. The molecule has 1 amide bonds. The van der Waals surface area contributed by atoms with Gasteiger partial charge in [0.2, 0.25) is 5.91 Å². The first-order chi connectivity index (χ1) is 13.8. The maximum Gasteiger partial charge on any atom is 0.223 e. The molecule has 3 aromatic rings. The molecule has 144 valence electrons. The van der Waals surface area contributed by atoms with Crippen molar-refractivity contribution in [3.8, 4) is 0 Å². The van der Waals surface area contributed by atoms with Crippen LogP contribution in [0.15, 0.2) is 36.8 Å². The number of benzene rings is 1. The lowest BCUT2D eigenvalue weighted by Gasteiger charge is -2.34. The fourth-order valence-electron chi connectivity index (χ4n) is 4.44. The quantitative estimate of drug-likeness (QED) is 0.760. The van der Waals surface area contributed by atoms with Gasteiger partial charge in [-0.25, -0.2) is 9.97 Å². The Labute approximate surface area is 163 Å². The molecule has 1 N–H and O–H groups in total. The highest BCUT2D eigenvalue weighted by molar-refractivity contribution is 5.86. The minimum Gasteiger partial charge on any atom is -0.356 e. The Morgan fingerprint density at radius 3 is 2.79 bits per heavy atom. The lowest BCUT2D eigenvalue weighted by Crippen LogP contribution is -2.39. The van der Waals surface area contributed by atoms with Gasteiger partial charge in [0.15, 0.2) is 5.65 Å². The Morgan fingerprint density at radius 1 is 1.11 bits per heavy atom. The number of anilines is 1. The van der Waals surface area contributed by atoms with Gasteiger partial charge in [-0.05, 0) is 36.3 Å². The number of nitrogens with zero attached hydrogens (tertiary/aromatic N) is 5. The van der Waals surface area contributed by atoms with Crippen molar-refractivity contribution in [2.45, 2.75) is 32.2 Å². The van der Waals surface area contributed by atoms with Gasteiger partial charge in [0.25, 0.3) is 0 Å². The molecule has 1 saturated heterocycles. The van der Waals surface area contributed by atoms with Gasteiger partial charge in [-0.2, -0.15) is 5.10 Å². The zero-order valence-corrected chi connectivity index (χ0v) is 15.8. The number of rotatable bonds is 3. The second-order valence-corrected chi connectivity index (χ2v) is 7.80. The average molecular weight is 376 g/mol. The maximum absolute atomic E-state index is 12.8. The van der Waals surface area contributed by atoms with Crippen LogP contribution >= 0.6 is 0 Å². The Hall–Kier alpha value is -2.96. The molecular formula is C21H24N6O. The predicted molar refractivity (Wildman–Crippen MR) is 107 cm³/mol. The number of aromatic nitrogens is 4. The van der Waals surface area contributed by atoms with Gasteiger partial charge in [0.05, 0.1) is 11.6 Å². The normalized spacial score (nSPS) is 17.7. The van der Waals surface area contributed by atoms with E-state index in [1.165, 1.54) is 11.1 Å². The molecule has 0 unspecified atom stereocenters. The van der Waals surface area contributed by atoms with Crippen molar-refractivity contribution in [1.29, 1.82) is 0 Å². The standard InChI is InChI=1S/C21H24N6O/c28-19(27-10-7-16-3-1-2-4-17(16)13-27)11-15-5-8-26(9-6-15)21-18-12-24-25-20(18)22-14-23-21/h1-4,12,14-15H,5-11,13H2,(H,22,23,24,25). The number of carbonyl (C=O) groups excluding carboxylic acids is 1. The minimum atomic E-state index is 0.298. The van der Waals surface area contributed by atoms with E-state index in [1.54, 1.807) is 12.5 Å². The number of nitrogens with one attached hydrogen (secondary N) is 1. The SMILES string of the molecule is O=C(CC1CCN(c2ncnc3[nH]ncc23)CC1)N1CCc2ccccc2C1. The van der Waals surface area contributed by atoms with Crippen molar-refractivity contribution in [2.24, 2.45) is 5.92 Å². The highest BCUT2D eigenvalue weighted by Crippen LogP contribution is 2.29. The van der Waals surface area contributed by atoms with Crippen LogP contribution < -0.4 is 4.90 Å². The molecule has 1 aromatic carbocycles. The van der Waals surface area contributed by atoms with Crippen LogP contribution in [0.1, 0.15) is 30.4 Å². The van der Waals surface area contributed by atoms with E-state index in [-0.39, 0.29) is 0 Å². The van der Waals surface area contributed by atoms with E-state index < -0.39 is 0 Å². The molecule has 2 aliphatic rings. The third-order valence-corrected chi connectivity index (χ3v) is 6.09. The van der Waals surface area contributed by atoms with E-state index >= 15 is 0 Å². The minimum absolute atomic E-state index is 0.298. The van der Waals surface area contributed by atoms with E-state index in [0.29, 0.717) is 18.2 Å². The summed E-state index contributed by atoms with van der Waals surface area (Å²) >= 11 is 0. The number of hydrogen-bond acceptors (Lipinski definition) is 5. The summed E-state index contributed by atoms with van der Waals surface area (Å²) in [5, 5.41) is 7.94. The summed E-state index contributed by atoms with van der Waals surface area (Å²) in [6.07, 6.45) is 7.02. The zero-order valence-electron chi connectivity index (χ0n) is 15.8. The summed E-state index contributed by atoms with van der Waals surface area (Å²) in [6, 6.07) is 8.47. The molecule has 2 aromatic heterocycles. The Balaban J connectivity index is 1.19. The van der Waals surface area contributed by atoms with Gasteiger partial charge in [-0.1, -0.05) is 24.3 Å². The van der Waals surface area contributed by atoms with Crippen LogP contribution in [0.5, 0.6) is 0 Å². The van der Waals surface area contributed by atoms with Crippen molar-refractivity contribution in [3.63, 3.8) is 0 Å². The van der Waals surface area contributed by atoms with Crippen LogP contribution in [0.25, 0.3) is 11.0 Å². The van der Waals surface area contributed by atoms with Crippen LogP contribution in [0.3, 0.4) is 0 Å². The smallest absolute Gasteiger partial charge is 0.223 e. The van der Waals surface area contributed by atoms with Crippen molar-refractivity contribution in [3.05, 3.63) is 47.9 Å². The fraction of sp³-hybridized carbons (Fsp3) is 0.429. The molecule has 7 heteroatoms. The Morgan fingerprint density at radius 2 is 1.93 bits per heavy atom. The van der Waals surface area contributed by atoms with Crippen molar-refractivity contribution >= 4 is 22.8 Å². The van der Waals surface area contributed by atoms with Gasteiger partial charge in [-0.3, -0.25) is 9.89 Å². The lowest BCUT2D eigenvalue weighted by atomic mass is 9.92. The van der Waals surface area contributed by atoms with Crippen LogP contribution in [0.2, 0.25) is 0 Å². The van der Waals surface area contributed by atoms with Crippen molar-refractivity contribution < 1.29 is 4.79 Å². The first-order valence-electron chi connectivity index (χ1n) is 10.0. The number of amides is 1. The molecule has 28 heavy (non-hydrogen) atoms. The molecule has 2 aliphatic heterocycles. The third-order valence-electron chi connectivity index (χ3n) is 6.09. The van der Waals surface area contributed by atoms with E-state index in [9.17, 15) is 4.79 Å². The summed E-state index contributed by atoms with van der Waals surface area (Å²) in [5.74, 6) is 1.69. The molecular weight excluding hydrogens is 352 g/mol. The topological polar surface area (TPSA) is 78.0 Å². The van der Waals surface area contributed by atoms with Gasteiger partial charge in [0.1, 0.15) is 12.1 Å². The fourth-order valence-corrected chi connectivity index (χ4v) is 4.44. The highest BCUT2D eigenvalue weighted by Gasteiger charge is 2.27. The molecule has 0 atom stereocenters. The van der Waals surface area contributed by atoms with Gasteiger partial charge >= 0.3 is 0 Å². The molecule has 0 aliphatic carbocycles. The highest BCUT2D eigenvalue weighted by atomic mass is 16.2. The number of carbonyl (C=O) groups is 1. The Kier molecular flexibility index (Phi) is 4.43. The van der Waals surface area contributed by atoms with E-state index in [2.05, 4.69) is 49.3 Å². The van der Waals surface area contributed by atoms with E-state index in [1.807, 2.05) is 4.90 Å². The average Bonchev–Trinajstić information content (AvgIpc) is 3.23. The largest absolute Gasteiger partial charge is 0.356 e. The monoisotopic (exact) mass is 376 g/mol. The first-order valence-corrected chi connectivity index (χ1v) is 10.0. The molecule has 0 radical (unpaired) electrons. The summed E-state index contributed by atoms with van der Waals surface area (Å²) in [5.41, 5.74) is 3.45. The van der Waals surface area contributed by atoms with Crippen LogP contribution in [-0.4, -0.2) is 50.6 Å². The van der Waals surface area contributed by atoms with Gasteiger partial charge in [-0.15, -0.1) is 0 Å². The van der Waals surface area contributed by atoms with Crippen LogP contribution in [0.4, 0.5) is 5.82 Å². The van der Waals surface area contributed by atoms with Gasteiger partial charge in [0, 0.05) is 32.6 Å². The third kappa shape index (κ3) is 3.21. The number of aromatic amines is 1. The number of piperidine rings is 1. The van der Waals surface area contributed by atoms with Crippen molar-refractivity contribution in [1.82, 2.24) is 25.1 Å². The Bertz CT molecular complexity index is 991. The molecule has 5 rings (SSSR count). The molecule has 0 saturated carbocycles. The summed E-state index contributed by atoms with van der Waals surface area (Å²) in [4.78, 5) is 25.8. The molecule has 0 bridgehead atoms. The van der Waals surface area contributed by atoms with Gasteiger partial charge < -0.3 is 9.80 Å². The number of hydrogen-bond donors (Lipinski definition) is 1.